The largest absolute Gasteiger partial charge is 0.466 e. The van der Waals surface area contributed by atoms with Gasteiger partial charge in [-0.3, -0.25) is 14.6 Å². The van der Waals surface area contributed by atoms with Crippen molar-refractivity contribution in [3.63, 3.8) is 0 Å². The molecule has 0 bridgehead atoms. The Kier molecular flexibility index (Phi) is 6.06. The van der Waals surface area contributed by atoms with Crippen LogP contribution in [0.3, 0.4) is 0 Å². The fourth-order valence-corrected chi connectivity index (χ4v) is 3.82. The zero-order chi connectivity index (χ0) is 21.8. The van der Waals surface area contributed by atoms with Crippen LogP contribution in [0, 0.1) is 6.92 Å². The lowest BCUT2D eigenvalue weighted by molar-refractivity contribution is -0.143. The van der Waals surface area contributed by atoms with Gasteiger partial charge in [-0.1, -0.05) is 6.07 Å². The molecule has 0 aromatic carbocycles. The molecule has 1 saturated heterocycles. The number of aromatic nitrogens is 5. The number of carbonyl (C=O) groups excluding carboxylic acids is 2. The zero-order valence-electron chi connectivity index (χ0n) is 17.7. The smallest absolute Gasteiger partial charge is 0.306 e. The fraction of sp³-hybridized carbons (Fsp3) is 0.429. The summed E-state index contributed by atoms with van der Waals surface area (Å²) in [4.78, 5) is 41.6. The molecule has 0 aliphatic carbocycles. The van der Waals surface area contributed by atoms with E-state index in [1.165, 1.54) is 6.33 Å². The summed E-state index contributed by atoms with van der Waals surface area (Å²) in [5, 5.41) is 4.36. The van der Waals surface area contributed by atoms with Gasteiger partial charge in [0.2, 0.25) is 0 Å². The quantitative estimate of drug-likeness (QED) is 0.546. The third-order valence-corrected chi connectivity index (χ3v) is 5.34. The van der Waals surface area contributed by atoms with Crippen molar-refractivity contribution in [3.8, 4) is 0 Å². The van der Waals surface area contributed by atoms with E-state index in [1.807, 2.05) is 17.9 Å². The Morgan fingerprint density at radius 3 is 2.65 bits per heavy atom. The molecule has 0 spiro atoms. The first-order valence-corrected chi connectivity index (χ1v) is 10.4. The summed E-state index contributed by atoms with van der Waals surface area (Å²) in [5.41, 5.74) is 2.20. The molecule has 1 fully saturated rings. The van der Waals surface area contributed by atoms with Crippen LogP contribution in [0.1, 0.15) is 35.1 Å². The Bertz CT molecular complexity index is 1080. The van der Waals surface area contributed by atoms with Gasteiger partial charge in [0.15, 0.2) is 0 Å². The zero-order valence-corrected chi connectivity index (χ0v) is 17.7. The minimum atomic E-state index is -0.239. The number of aryl methyl sites for hydroxylation is 1. The standard InChI is InChI=1S/C21H25N7O3/c1-3-31-18(29)8-7-16-15(2)25-21-23-14-24-28(21)19(16)26-10-12-27(13-11-26)20(30)17-6-4-5-9-22-17/h4-6,9,14H,3,7-8,10-13H2,1-2H3. The van der Waals surface area contributed by atoms with Crippen LogP contribution in [0.5, 0.6) is 0 Å². The molecule has 31 heavy (non-hydrogen) atoms. The molecule has 0 saturated carbocycles. The van der Waals surface area contributed by atoms with Gasteiger partial charge >= 0.3 is 5.97 Å². The van der Waals surface area contributed by atoms with Gasteiger partial charge in [-0.25, -0.2) is 4.98 Å². The molecular weight excluding hydrogens is 398 g/mol. The number of ether oxygens (including phenoxy) is 1. The second-order valence-electron chi connectivity index (χ2n) is 7.27. The van der Waals surface area contributed by atoms with E-state index < -0.39 is 0 Å². The topological polar surface area (TPSA) is 106 Å². The lowest BCUT2D eigenvalue weighted by atomic mass is 10.1. The number of anilines is 1. The van der Waals surface area contributed by atoms with Crippen molar-refractivity contribution >= 4 is 23.5 Å². The van der Waals surface area contributed by atoms with Crippen LogP contribution in [0.25, 0.3) is 5.78 Å². The Hall–Kier alpha value is -3.56. The third kappa shape index (κ3) is 4.32. The maximum atomic E-state index is 12.7. The maximum absolute atomic E-state index is 12.7. The molecule has 0 radical (unpaired) electrons. The van der Waals surface area contributed by atoms with Gasteiger partial charge in [-0.2, -0.15) is 14.6 Å². The highest BCUT2D eigenvalue weighted by Crippen LogP contribution is 2.26. The van der Waals surface area contributed by atoms with Crippen molar-refractivity contribution in [1.29, 1.82) is 0 Å². The first kappa shape index (κ1) is 20.7. The Morgan fingerprint density at radius 2 is 1.94 bits per heavy atom. The fourth-order valence-electron chi connectivity index (χ4n) is 3.82. The third-order valence-electron chi connectivity index (χ3n) is 5.34. The van der Waals surface area contributed by atoms with Gasteiger partial charge in [0.25, 0.3) is 11.7 Å². The molecule has 1 aliphatic heterocycles. The summed E-state index contributed by atoms with van der Waals surface area (Å²) in [6.07, 6.45) is 3.86. The number of hydrogen-bond donors (Lipinski definition) is 0. The maximum Gasteiger partial charge on any atom is 0.306 e. The van der Waals surface area contributed by atoms with Gasteiger partial charge in [0.1, 0.15) is 17.8 Å². The highest BCUT2D eigenvalue weighted by atomic mass is 16.5. The van der Waals surface area contributed by atoms with Gasteiger partial charge in [0, 0.05) is 50.1 Å². The number of fused-ring (bicyclic) bond motifs is 1. The number of pyridine rings is 1. The molecule has 162 valence electrons. The molecule has 1 amide bonds. The second kappa shape index (κ2) is 9.07. The average Bonchev–Trinajstić information content (AvgIpc) is 3.25. The molecule has 0 N–H and O–H groups in total. The van der Waals surface area contributed by atoms with E-state index >= 15 is 0 Å². The predicted molar refractivity (Wildman–Crippen MR) is 113 cm³/mol. The average molecular weight is 423 g/mol. The van der Waals surface area contributed by atoms with Crippen molar-refractivity contribution in [2.45, 2.75) is 26.7 Å². The van der Waals surface area contributed by atoms with Crippen molar-refractivity contribution < 1.29 is 14.3 Å². The van der Waals surface area contributed by atoms with E-state index in [9.17, 15) is 9.59 Å². The number of nitrogens with zero attached hydrogens (tertiary/aromatic N) is 7. The molecule has 3 aromatic rings. The van der Waals surface area contributed by atoms with Crippen LogP contribution >= 0.6 is 0 Å². The van der Waals surface area contributed by atoms with Crippen LogP contribution in [0.4, 0.5) is 5.82 Å². The van der Waals surface area contributed by atoms with E-state index in [-0.39, 0.29) is 18.3 Å². The summed E-state index contributed by atoms with van der Waals surface area (Å²) < 4.78 is 6.80. The Balaban J connectivity index is 1.56. The Morgan fingerprint density at radius 1 is 1.13 bits per heavy atom. The molecule has 0 atom stereocenters. The normalized spacial score (nSPS) is 14.1. The number of esters is 1. The highest BCUT2D eigenvalue weighted by molar-refractivity contribution is 5.92. The SMILES string of the molecule is CCOC(=O)CCc1c(C)nc2ncnn2c1N1CCN(C(=O)c2ccccn2)CC1. The van der Waals surface area contributed by atoms with Crippen LogP contribution in [0.2, 0.25) is 0 Å². The van der Waals surface area contributed by atoms with Crippen LogP contribution in [-0.2, 0) is 16.0 Å². The molecule has 10 heteroatoms. The first-order valence-electron chi connectivity index (χ1n) is 10.4. The van der Waals surface area contributed by atoms with E-state index in [0.717, 1.165) is 17.1 Å². The minimum absolute atomic E-state index is 0.0698. The predicted octanol–water partition coefficient (Wildman–Crippen LogP) is 1.29. The van der Waals surface area contributed by atoms with E-state index in [1.54, 1.807) is 29.8 Å². The van der Waals surface area contributed by atoms with Crippen molar-refractivity contribution in [3.05, 3.63) is 47.7 Å². The molecule has 4 rings (SSSR count). The summed E-state index contributed by atoms with van der Waals surface area (Å²) in [5.74, 6) is 1.07. The lowest BCUT2D eigenvalue weighted by Crippen LogP contribution is -2.49. The molecule has 0 unspecified atom stereocenters. The van der Waals surface area contributed by atoms with Gasteiger partial charge < -0.3 is 14.5 Å². The first-order chi connectivity index (χ1) is 15.1. The van der Waals surface area contributed by atoms with Crippen molar-refractivity contribution in [2.24, 2.45) is 0 Å². The molecule has 10 nitrogen and oxygen atoms in total. The van der Waals surface area contributed by atoms with Crippen LogP contribution in [-0.4, -0.2) is 74.1 Å². The van der Waals surface area contributed by atoms with Gasteiger partial charge in [-0.15, -0.1) is 0 Å². The van der Waals surface area contributed by atoms with Gasteiger partial charge in [-0.05, 0) is 32.4 Å². The number of piperazine rings is 1. The van der Waals surface area contributed by atoms with E-state index in [2.05, 4.69) is 25.0 Å². The number of hydrogen-bond acceptors (Lipinski definition) is 8. The summed E-state index contributed by atoms with van der Waals surface area (Å²) in [7, 11) is 0. The minimum Gasteiger partial charge on any atom is -0.466 e. The molecule has 1 aliphatic rings. The summed E-state index contributed by atoms with van der Waals surface area (Å²) in [6, 6.07) is 5.34. The van der Waals surface area contributed by atoms with Crippen molar-refractivity contribution in [1.82, 2.24) is 29.5 Å². The number of carbonyl (C=O) groups is 2. The lowest BCUT2D eigenvalue weighted by Gasteiger charge is -2.36. The van der Waals surface area contributed by atoms with Crippen LogP contribution in [0.15, 0.2) is 30.7 Å². The highest BCUT2D eigenvalue weighted by Gasteiger charge is 2.27. The number of rotatable bonds is 6. The Labute approximate surface area is 179 Å². The molecule has 3 aromatic heterocycles. The van der Waals surface area contributed by atoms with E-state index in [4.69, 9.17) is 4.74 Å². The summed E-state index contributed by atoms with van der Waals surface area (Å²) in [6.45, 7) is 6.45. The molecular formula is C21H25N7O3. The van der Waals surface area contributed by atoms with Gasteiger partial charge in [0.05, 0.1) is 6.61 Å². The summed E-state index contributed by atoms with van der Waals surface area (Å²) >= 11 is 0. The second-order valence-corrected chi connectivity index (χ2v) is 7.27. The van der Waals surface area contributed by atoms with Crippen LogP contribution < -0.4 is 4.90 Å². The number of amides is 1. The molecule has 4 heterocycles. The van der Waals surface area contributed by atoms with Crippen molar-refractivity contribution in [2.75, 3.05) is 37.7 Å². The monoisotopic (exact) mass is 423 g/mol. The van der Waals surface area contributed by atoms with E-state index in [0.29, 0.717) is 50.7 Å².